The molecule has 4 atom stereocenters. The molecule has 0 radical (unpaired) electrons. The number of rotatable bonds is 6. The Hall–Kier alpha value is -4.60. The Morgan fingerprint density at radius 3 is 2.73 bits per heavy atom. The zero-order valence-corrected chi connectivity index (χ0v) is 26.5. The number of alkyl halides is 4. The van der Waals surface area contributed by atoms with E-state index >= 15 is 4.39 Å². The Morgan fingerprint density at radius 2 is 1.98 bits per heavy atom. The maximum Gasteiger partial charge on any atom is 0.418 e. The zero-order chi connectivity index (χ0) is 34.1. The molecule has 2 saturated heterocycles. The maximum absolute atomic E-state index is 16.8. The van der Waals surface area contributed by atoms with Gasteiger partial charge >= 0.3 is 12.2 Å². The van der Waals surface area contributed by atoms with E-state index in [1.54, 1.807) is 18.3 Å². The molecule has 16 heteroatoms. The molecule has 1 unspecified atom stereocenters. The molecule has 7 rings (SSSR count). The van der Waals surface area contributed by atoms with Gasteiger partial charge in [-0.15, -0.1) is 0 Å². The number of anilines is 3. The summed E-state index contributed by atoms with van der Waals surface area (Å²) in [6.07, 6.45) is -2.51. The quantitative estimate of drug-likeness (QED) is 0.254. The smallest absolute Gasteiger partial charge is 0.418 e. The van der Waals surface area contributed by atoms with Crippen LogP contribution in [0.1, 0.15) is 56.0 Å². The lowest BCUT2D eigenvalue weighted by atomic mass is 9.95. The molecule has 0 spiro atoms. The number of hydrogen-bond donors (Lipinski definition) is 2. The number of nitrogens with two attached hydrogens (primary N) is 2. The van der Waals surface area contributed by atoms with E-state index in [1.165, 1.54) is 0 Å². The van der Waals surface area contributed by atoms with Gasteiger partial charge in [0, 0.05) is 30.3 Å². The lowest BCUT2D eigenvalue weighted by Gasteiger charge is -2.35. The van der Waals surface area contributed by atoms with Crippen LogP contribution in [0.4, 0.5) is 39.4 Å². The summed E-state index contributed by atoms with van der Waals surface area (Å²) in [6.45, 7) is 5.93. The van der Waals surface area contributed by atoms with Gasteiger partial charge in [0.05, 0.1) is 28.9 Å². The number of ether oxygens (including phenoxy) is 2. The highest BCUT2D eigenvalue weighted by Gasteiger charge is 2.49. The van der Waals surface area contributed by atoms with Gasteiger partial charge in [-0.1, -0.05) is 6.07 Å². The monoisotopic (exact) mass is 671 g/mol. The first-order valence-corrected chi connectivity index (χ1v) is 15.7. The summed E-state index contributed by atoms with van der Waals surface area (Å²) < 4.78 is 86.7. The van der Waals surface area contributed by atoms with Crippen molar-refractivity contribution in [3.8, 4) is 23.1 Å². The van der Waals surface area contributed by atoms with Crippen molar-refractivity contribution < 1.29 is 31.4 Å². The van der Waals surface area contributed by atoms with Gasteiger partial charge in [0.15, 0.2) is 5.82 Å². The van der Waals surface area contributed by atoms with E-state index in [2.05, 4.69) is 24.8 Å². The average Bonchev–Trinajstić information content (AvgIpc) is 3.49. The molecule has 4 N–H and O–H groups in total. The normalized spacial score (nSPS) is 23.2. The van der Waals surface area contributed by atoms with Crippen molar-refractivity contribution in [3.63, 3.8) is 0 Å². The van der Waals surface area contributed by atoms with E-state index in [0.717, 1.165) is 26.0 Å². The minimum absolute atomic E-state index is 0.00380. The molecule has 0 bridgehead atoms. The summed E-state index contributed by atoms with van der Waals surface area (Å²) in [4.78, 5) is 25.3. The lowest BCUT2D eigenvalue weighted by molar-refractivity contribution is -0.137. The highest BCUT2D eigenvalue weighted by atomic mass is 19.4. The molecule has 4 aromatic heterocycles. The first-order chi connectivity index (χ1) is 22.8. The average molecular weight is 672 g/mol. The third kappa shape index (κ3) is 5.25. The standard InChI is InChI=1S/C32H34F5N9O2/c1-15-13-47-29-22-26(24(34)25(42-29)20-10-21(38)41-16(2)23(20)32(35,36)37)43-30(48-14-31-7-5-9-45(31)12-18(33)11-31)44-28(22)46(15)17(3)19-6-4-8-40-27(19)39/h4,6,8,10,15,17-18H,5,7,9,11-14H2,1-3H3,(H2,38,41)(H2,39,40)/t15-,17?,18+,31-/m0/s1. The van der Waals surface area contributed by atoms with Crippen LogP contribution in [0, 0.1) is 12.7 Å². The van der Waals surface area contributed by atoms with Crippen molar-refractivity contribution in [2.45, 2.75) is 70.0 Å². The van der Waals surface area contributed by atoms with Crippen LogP contribution < -0.4 is 25.8 Å². The summed E-state index contributed by atoms with van der Waals surface area (Å²) in [5, 5.41) is 0.0416. The Kier molecular flexibility index (Phi) is 7.68. The van der Waals surface area contributed by atoms with Crippen LogP contribution in [0.2, 0.25) is 0 Å². The second-order valence-corrected chi connectivity index (χ2v) is 12.8. The summed E-state index contributed by atoms with van der Waals surface area (Å²) in [7, 11) is 0. The highest BCUT2D eigenvalue weighted by Crippen LogP contribution is 2.46. The van der Waals surface area contributed by atoms with Crippen LogP contribution in [-0.4, -0.2) is 73.9 Å². The van der Waals surface area contributed by atoms with Crippen LogP contribution in [0.5, 0.6) is 11.9 Å². The predicted octanol–water partition coefficient (Wildman–Crippen LogP) is 5.42. The van der Waals surface area contributed by atoms with E-state index in [4.69, 9.17) is 25.9 Å². The van der Waals surface area contributed by atoms with Gasteiger partial charge in [0.25, 0.3) is 0 Å². The van der Waals surface area contributed by atoms with Crippen molar-refractivity contribution in [1.82, 2.24) is 29.8 Å². The van der Waals surface area contributed by atoms with Gasteiger partial charge in [-0.05, 0) is 52.3 Å². The molecular formula is C32H34F5N9O2. The molecule has 3 aliphatic heterocycles. The molecule has 0 aliphatic carbocycles. The summed E-state index contributed by atoms with van der Waals surface area (Å²) >= 11 is 0. The topological polar surface area (TPSA) is 141 Å². The molecule has 0 saturated carbocycles. The van der Waals surface area contributed by atoms with Gasteiger partial charge in [-0.25, -0.2) is 23.7 Å². The van der Waals surface area contributed by atoms with Gasteiger partial charge < -0.3 is 25.8 Å². The van der Waals surface area contributed by atoms with E-state index in [1.807, 2.05) is 18.7 Å². The van der Waals surface area contributed by atoms with Crippen molar-refractivity contribution in [3.05, 3.63) is 47.0 Å². The SMILES string of the molecule is Cc1nc(N)cc(-c2nc3c4c(nc(OC[C@@]56CCCN5C[C@H](F)C6)nc4c2F)N(C(C)c2cccnc2N)[C@@H](C)CO3)c1C(F)(F)F. The zero-order valence-electron chi connectivity index (χ0n) is 26.5. The van der Waals surface area contributed by atoms with E-state index in [0.29, 0.717) is 18.5 Å². The maximum atomic E-state index is 16.8. The highest BCUT2D eigenvalue weighted by molar-refractivity contribution is 5.97. The molecule has 3 aliphatic rings. The van der Waals surface area contributed by atoms with Crippen LogP contribution in [0.3, 0.4) is 0 Å². The van der Waals surface area contributed by atoms with Crippen molar-refractivity contribution >= 4 is 28.4 Å². The number of fused-ring (bicyclic) bond motifs is 1. The molecule has 48 heavy (non-hydrogen) atoms. The molecule has 0 amide bonds. The lowest BCUT2D eigenvalue weighted by Crippen LogP contribution is -2.43. The van der Waals surface area contributed by atoms with Crippen LogP contribution in [-0.2, 0) is 6.18 Å². The van der Waals surface area contributed by atoms with Gasteiger partial charge in [-0.3, -0.25) is 4.90 Å². The van der Waals surface area contributed by atoms with Gasteiger partial charge in [-0.2, -0.15) is 23.1 Å². The Bertz CT molecular complexity index is 1910. The number of hydrogen-bond acceptors (Lipinski definition) is 11. The van der Waals surface area contributed by atoms with E-state index < -0.39 is 58.3 Å². The Balaban J connectivity index is 1.45. The fourth-order valence-corrected chi connectivity index (χ4v) is 7.51. The van der Waals surface area contributed by atoms with E-state index in [9.17, 15) is 17.6 Å². The van der Waals surface area contributed by atoms with Crippen LogP contribution >= 0.6 is 0 Å². The minimum Gasteiger partial charge on any atom is -0.475 e. The first kappa shape index (κ1) is 32.0. The van der Waals surface area contributed by atoms with Crippen LogP contribution in [0.25, 0.3) is 22.2 Å². The molecule has 4 aromatic rings. The third-order valence-electron chi connectivity index (χ3n) is 9.62. The number of nitrogens with zero attached hydrogens (tertiary/aromatic N) is 7. The Morgan fingerprint density at radius 1 is 1.19 bits per heavy atom. The van der Waals surface area contributed by atoms with Gasteiger partial charge in [0.2, 0.25) is 5.88 Å². The van der Waals surface area contributed by atoms with E-state index in [-0.39, 0.29) is 59.9 Å². The third-order valence-corrected chi connectivity index (χ3v) is 9.62. The molecule has 2 fully saturated rings. The van der Waals surface area contributed by atoms with Crippen LogP contribution in [0.15, 0.2) is 24.4 Å². The second-order valence-electron chi connectivity index (χ2n) is 12.8. The number of pyridine rings is 3. The summed E-state index contributed by atoms with van der Waals surface area (Å²) in [5.74, 6) is -1.12. The number of nitrogen functional groups attached to an aromatic ring is 2. The predicted molar refractivity (Wildman–Crippen MR) is 168 cm³/mol. The number of aryl methyl sites for hydroxylation is 1. The van der Waals surface area contributed by atoms with Crippen molar-refractivity contribution in [2.24, 2.45) is 0 Å². The van der Waals surface area contributed by atoms with Crippen molar-refractivity contribution in [2.75, 3.05) is 42.7 Å². The number of aromatic nitrogens is 5. The Labute approximate surface area is 272 Å². The molecule has 7 heterocycles. The van der Waals surface area contributed by atoms with Gasteiger partial charge in [0.1, 0.15) is 53.4 Å². The summed E-state index contributed by atoms with van der Waals surface area (Å²) in [6, 6.07) is 3.33. The number of halogens is 5. The minimum atomic E-state index is -4.91. The second kappa shape index (κ2) is 11.5. The van der Waals surface area contributed by atoms with Crippen molar-refractivity contribution in [1.29, 1.82) is 0 Å². The molecule has 11 nitrogen and oxygen atoms in total. The molecule has 0 aromatic carbocycles. The summed E-state index contributed by atoms with van der Waals surface area (Å²) in [5.41, 5.74) is 8.93. The first-order valence-electron chi connectivity index (χ1n) is 15.7. The largest absolute Gasteiger partial charge is 0.475 e. The fourth-order valence-electron chi connectivity index (χ4n) is 7.51. The molecular weight excluding hydrogens is 637 g/mol. The fraction of sp³-hybridized carbons (Fsp3) is 0.469. The molecule has 254 valence electrons.